The summed E-state index contributed by atoms with van der Waals surface area (Å²) in [6, 6.07) is 16.5. The van der Waals surface area contributed by atoms with Crippen molar-refractivity contribution < 1.29 is 9.53 Å². The highest BCUT2D eigenvalue weighted by molar-refractivity contribution is 5.81. The van der Waals surface area contributed by atoms with Gasteiger partial charge in [0.2, 0.25) is 5.82 Å². The molecule has 0 radical (unpaired) electrons. The lowest BCUT2D eigenvalue weighted by Crippen LogP contribution is -2.44. The maximum absolute atomic E-state index is 12.0. The highest BCUT2D eigenvalue weighted by Crippen LogP contribution is 2.53. The van der Waals surface area contributed by atoms with E-state index in [0.717, 1.165) is 38.1 Å². The minimum Gasteiger partial charge on any atom is -0.368 e. The molecule has 1 spiro atoms. The molecule has 6 rings (SSSR count). The van der Waals surface area contributed by atoms with Gasteiger partial charge in [-0.25, -0.2) is 0 Å². The maximum atomic E-state index is 12.0. The lowest BCUT2D eigenvalue weighted by Gasteiger charge is -2.33. The van der Waals surface area contributed by atoms with E-state index in [1.54, 1.807) is 0 Å². The number of piperidine rings is 1. The fourth-order valence-electron chi connectivity index (χ4n) is 4.83. The van der Waals surface area contributed by atoms with Crippen molar-refractivity contribution >= 4 is 5.91 Å². The van der Waals surface area contributed by atoms with Gasteiger partial charge >= 0.3 is 0 Å². The number of carbonyl (C=O) groups excluding carboxylic acids is 1. The van der Waals surface area contributed by atoms with Gasteiger partial charge in [0.1, 0.15) is 6.10 Å². The molecule has 2 aliphatic heterocycles. The van der Waals surface area contributed by atoms with Crippen LogP contribution in [0.15, 0.2) is 48.5 Å². The van der Waals surface area contributed by atoms with Crippen molar-refractivity contribution in [3.05, 3.63) is 54.1 Å². The Morgan fingerprint density at radius 2 is 1.85 bits per heavy atom. The van der Waals surface area contributed by atoms with Crippen LogP contribution in [0.3, 0.4) is 0 Å². The van der Waals surface area contributed by atoms with E-state index < -0.39 is 0 Å². The zero-order valence-corrected chi connectivity index (χ0v) is 19.2. The molecule has 1 N–H and O–H groups in total. The van der Waals surface area contributed by atoms with Gasteiger partial charge in [0, 0.05) is 25.3 Å². The van der Waals surface area contributed by atoms with E-state index >= 15 is 0 Å². The number of aryl methyl sites for hydroxylation is 1. The Bertz CT molecular complexity index is 1060. The molecule has 2 saturated heterocycles. The van der Waals surface area contributed by atoms with E-state index in [2.05, 4.69) is 51.8 Å². The lowest BCUT2D eigenvalue weighted by molar-refractivity contribution is -0.142. The lowest BCUT2D eigenvalue weighted by atomic mass is 9.93. The van der Waals surface area contributed by atoms with E-state index in [4.69, 9.17) is 4.74 Å². The molecule has 0 unspecified atom stereocenters. The van der Waals surface area contributed by atoms with Crippen LogP contribution < -0.4 is 0 Å². The molecule has 1 saturated carbocycles. The Morgan fingerprint density at radius 3 is 2.48 bits per heavy atom. The number of benzene rings is 2. The molecule has 7 nitrogen and oxygen atoms in total. The minimum atomic E-state index is -0.113. The predicted octanol–water partition coefficient (Wildman–Crippen LogP) is 4.41. The number of likely N-dealkylation sites (tertiary alicyclic amines) is 1. The third-order valence-corrected chi connectivity index (χ3v) is 7.22. The summed E-state index contributed by atoms with van der Waals surface area (Å²) in [4.78, 5) is 14.1. The van der Waals surface area contributed by atoms with Crippen LogP contribution in [0, 0.1) is 12.3 Å². The molecule has 3 aliphatic rings. The van der Waals surface area contributed by atoms with Crippen LogP contribution in [0.25, 0.3) is 22.5 Å². The number of H-pyrrole nitrogens is 1. The van der Waals surface area contributed by atoms with Gasteiger partial charge in [-0.1, -0.05) is 42.5 Å². The molecule has 172 valence electrons. The number of hydrogen-bond acceptors (Lipinski definition) is 5. The number of hydrogen-bond donors (Lipinski definition) is 1. The van der Waals surface area contributed by atoms with Gasteiger partial charge in [0.15, 0.2) is 0 Å². The van der Waals surface area contributed by atoms with Gasteiger partial charge in [0.25, 0.3) is 5.91 Å². The number of nitrogens with one attached hydrogen (secondary N) is 1. The number of rotatable bonds is 3. The predicted molar refractivity (Wildman–Crippen MR) is 126 cm³/mol. The first-order valence-electron chi connectivity index (χ1n) is 11.9. The van der Waals surface area contributed by atoms with Crippen molar-refractivity contribution in [2.45, 2.75) is 51.6 Å². The summed E-state index contributed by atoms with van der Waals surface area (Å²) in [6.07, 6.45) is 7.12. The number of aromatic nitrogens is 4. The van der Waals surface area contributed by atoms with Gasteiger partial charge in [0.05, 0.1) is 0 Å². The number of carbonyl (C=O) groups is 1. The topological polar surface area (TPSA) is 84.0 Å². The Morgan fingerprint density at radius 1 is 1.06 bits per heavy atom. The molecular formula is C26H31N5O2. The van der Waals surface area contributed by atoms with Gasteiger partial charge in [-0.05, 0) is 78.8 Å². The van der Waals surface area contributed by atoms with E-state index in [1.165, 1.54) is 42.4 Å². The van der Waals surface area contributed by atoms with E-state index in [0.29, 0.717) is 11.2 Å². The first-order chi connectivity index (χ1) is 16.1. The normalized spacial score (nSPS) is 20.9. The van der Waals surface area contributed by atoms with Crippen LogP contribution in [0.2, 0.25) is 0 Å². The van der Waals surface area contributed by atoms with E-state index in [9.17, 15) is 4.79 Å². The smallest absolute Gasteiger partial charge is 0.251 e. The van der Waals surface area contributed by atoms with Gasteiger partial charge in [-0.2, -0.15) is 5.21 Å². The summed E-state index contributed by atoms with van der Waals surface area (Å²) in [5, 5.41) is 14.1. The first kappa shape index (κ1) is 21.8. The molecule has 3 fully saturated rings. The molecule has 33 heavy (non-hydrogen) atoms. The summed E-state index contributed by atoms with van der Waals surface area (Å²) in [6.45, 7) is 4.81. The number of nitrogens with zero attached hydrogens (tertiary/aromatic N) is 4. The summed E-state index contributed by atoms with van der Waals surface area (Å²) >= 11 is 0. The molecular weight excluding hydrogens is 414 g/mol. The highest BCUT2D eigenvalue weighted by atomic mass is 16.5. The van der Waals surface area contributed by atoms with Gasteiger partial charge in [-0.3, -0.25) is 4.79 Å². The van der Waals surface area contributed by atoms with Crippen LogP contribution in [-0.4, -0.2) is 57.2 Å². The van der Waals surface area contributed by atoms with Crippen LogP contribution in [0.1, 0.15) is 44.1 Å². The second-order valence-electron chi connectivity index (χ2n) is 9.46. The SMILES string of the molecule is Cc1ccc(-c2nn[nH]n2)cc1-c1ccccc1.O=C([C@H]1CCCO1)N1CCC2(CC1)CC2. The van der Waals surface area contributed by atoms with E-state index in [1.807, 2.05) is 29.2 Å². The maximum Gasteiger partial charge on any atom is 0.251 e. The van der Waals surface area contributed by atoms with Crippen LogP contribution in [0.4, 0.5) is 0 Å². The molecule has 1 aliphatic carbocycles. The number of aromatic amines is 1. The first-order valence-corrected chi connectivity index (χ1v) is 11.9. The summed E-state index contributed by atoms with van der Waals surface area (Å²) in [5.41, 5.74) is 5.24. The van der Waals surface area contributed by atoms with Gasteiger partial charge < -0.3 is 9.64 Å². The summed E-state index contributed by atoms with van der Waals surface area (Å²) in [7, 11) is 0. The Kier molecular flexibility index (Phi) is 6.22. The zero-order chi connectivity index (χ0) is 22.7. The Balaban J connectivity index is 0.000000140. The molecule has 1 aromatic heterocycles. The van der Waals surface area contributed by atoms with Gasteiger partial charge in [-0.15, -0.1) is 10.2 Å². The van der Waals surface area contributed by atoms with Crippen LogP contribution >= 0.6 is 0 Å². The van der Waals surface area contributed by atoms with Crippen molar-refractivity contribution in [2.75, 3.05) is 19.7 Å². The van der Waals surface area contributed by atoms with Crippen LogP contribution in [-0.2, 0) is 9.53 Å². The van der Waals surface area contributed by atoms with Crippen LogP contribution in [0.5, 0.6) is 0 Å². The zero-order valence-electron chi connectivity index (χ0n) is 19.2. The number of amides is 1. The monoisotopic (exact) mass is 445 g/mol. The fraction of sp³-hybridized carbons (Fsp3) is 0.462. The molecule has 7 heteroatoms. The van der Waals surface area contributed by atoms with Crippen molar-refractivity contribution in [3.8, 4) is 22.5 Å². The van der Waals surface area contributed by atoms with E-state index in [-0.39, 0.29) is 12.0 Å². The van der Waals surface area contributed by atoms with Crippen molar-refractivity contribution in [1.82, 2.24) is 25.5 Å². The summed E-state index contributed by atoms with van der Waals surface area (Å²) < 4.78 is 5.44. The largest absolute Gasteiger partial charge is 0.368 e. The standard InChI is InChI=1S/C14H12N4.C12H19NO2/c1-10-7-8-12(14-15-17-18-16-14)9-13(10)11-5-3-2-4-6-11;14-11(10-2-1-9-15-10)13-7-5-12(3-4-12)6-8-13/h2-9H,1H3,(H,15,16,17,18);10H,1-9H2/t;10-/m.1/s1. The Hall–Kier alpha value is -3.06. The molecule has 0 bridgehead atoms. The highest BCUT2D eigenvalue weighted by Gasteiger charge is 2.45. The second kappa shape index (κ2) is 9.43. The number of ether oxygens (including phenoxy) is 1. The molecule has 2 aromatic carbocycles. The van der Waals surface area contributed by atoms with Crippen molar-refractivity contribution in [1.29, 1.82) is 0 Å². The Labute approximate surface area is 194 Å². The fourth-order valence-corrected chi connectivity index (χ4v) is 4.83. The number of tetrazole rings is 1. The van der Waals surface area contributed by atoms with Crippen molar-refractivity contribution in [3.63, 3.8) is 0 Å². The minimum absolute atomic E-state index is 0.113. The third kappa shape index (κ3) is 4.98. The molecule has 3 heterocycles. The van der Waals surface area contributed by atoms with Crippen molar-refractivity contribution in [2.24, 2.45) is 5.41 Å². The second-order valence-corrected chi connectivity index (χ2v) is 9.46. The average Bonchev–Trinajstić information content (AvgIpc) is 3.28. The molecule has 1 amide bonds. The summed E-state index contributed by atoms with van der Waals surface area (Å²) in [5.74, 6) is 0.871. The molecule has 1 atom stereocenters. The molecule has 3 aromatic rings. The quantitative estimate of drug-likeness (QED) is 0.646. The third-order valence-electron chi connectivity index (χ3n) is 7.22. The average molecular weight is 446 g/mol.